The van der Waals surface area contributed by atoms with E-state index in [4.69, 9.17) is 0 Å². The Balaban J connectivity index is 2.38. The third-order valence-electron chi connectivity index (χ3n) is 3.24. The molecule has 0 aliphatic heterocycles. The number of hydrogen-bond acceptors (Lipinski definition) is 6. The van der Waals surface area contributed by atoms with Gasteiger partial charge in [0.1, 0.15) is 0 Å². The zero-order chi connectivity index (χ0) is 18.4. The van der Waals surface area contributed by atoms with Crippen LogP contribution in [-0.2, 0) is 0 Å². The molecule has 0 aliphatic rings. The normalized spacial score (nSPS) is 10.3. The average Bonchev–Trinajstić information content (AvgIpc) is 2.60. The van der Waals surface area contributed by atoms with Crippen LogP contribution >= 0.6 is 11.8 Å². The fraction of sp³-hybridized carbons (Fsp3) is 0.188. The van der Waals surface area contributed by atoms with Crippen molar-refractivity contribution < 1.29 is 14.6 Å². The minimum Gasteiger partial charge on any atom is -0.352 e. The van der Waals surface area contributed by atoms with Gasteiger partial charge in [-0.05, 0) is 24.6 Å². The van der Waals surface area contributed by atoms with E-state index in [0.717, 1.165) is 24.2 Å². The van der Waals surface area contributed by atoms with E-state index < -0.39 is 9.85 Å². The minimum absolute atomic E-state index is 0.228. The van der Waals surface area contributed by atoms with Crippen molar-refractivity contribution in [2.45, 2.75) is 23.1 Å². The molecule has 0 radical (unpaired) electrons. The topological polar surface area (TPSA) is 115 Å². The molecule has 9 heteroatoms. The van der Waals surface area contributed by atoms with Crippen LogP contribution in [-0.4, -0.2) is 22.3 Å². The van der Waals surface area contributed by atoms with Crippen molar-refractivity contribution in [3.63, 3.8) is 0 Å². The van der Waals surface area contributed by atoms with Gasteiger partial charge in [-0.1, -0.05) is 30.8 Å². The number of carbonyl (C=O) groups is 1. The van der Waals surface area contributed by atoms with Crippen molar-refractivity contribution in [1.29, 1.82) is 0 Å². The molecule has 0 heterocycles. The summed E-state index contributed by atoms with van der Waals surface area (Å²) in [6.07, 6.45) is 0.787. The van der Waals surface area contributed by atoms with Gasteiger partial charge in [-0.2, -0.15) is 0 Å². The standard InChI is InChI=1S/C16H15N3O5S/c1-2-9-17-16(20)12-5-3-4-6-14(12)25-15-8-7-11(18(21)22)10-13(15)19(23)24/h3-8,10H,2,9H2,1H3,(H,17,20). The summed E-state index contributed by atoms with van der Waals surface area (Å²) in [4.78, 5) is 33.7. The second kappa shape index (κ2) is 8.25. The Morgan fingerprint density at radius 1 is 1.08 bits per heavy atom. The first-order valence-electron chi connectivity index (χ1n) is 7.42. The zero-order valence-corrected chi connectivity index (χ0v) is 14.1. The van der Waals surface area contributed by atoms with Gasteiger partial charge < -0.3 is 5.32 Å². The van der Waals surface area contributed by atoms with Gasteiger partial charge in [0.2, 0.25) is 0 Å². The van der Waals surface area contributed by atoms with Crippen molar-refractivity contribution in [2.75, 3.05) is 6.54 Å². The number of carbonyl (C=O) groups excluding carboxylic acids is 1. The molecule has 0 aliphatic carbocycles. The molecule has 1 N–H and O–H groups in total. The maximum absolute atomic E-state index is 12.2. The second-order valence-corrected chi connectivity index (χ2v) is 6.10. The molecule has 0 aromatic heterocycles. The smallest absolute Gasteiger partial charge is 0.290 e. The van der Waals surface area contributed by atoms with Crippen molar-refractivity contribution in [3.8, 4) is 0 Å². The largest absolute Gasteiger partial charge is 0.352 e. The monoisotopic (exact) mass is 361 g/mol. The van der Waals surface area contributed by atoms with Crippen molar-refractivity contribution >= 4 is 29.0 Å². The first kappa shape index (κ1) is 18.4. The summed E-state index contributed by atoms with van der Waals surface area (Å²) >= 11 is 1.03. The molecule has 2 aromatic rings. The Bertz CT molecular complexity index is 825. The summed E-state index contributed by atoms with van der Waals surface area (Å²) < 4.78 is 0. The Hall–Kier alpha value is -2.94. The van der Waals surface area contributed by atoms with Gasteiger partial charge in [0.05, 0.1) is 26.4 Å². The van der Waals surface area contributed by atoms with Crippen LogP contribution in [0.2, 0.25) is 0 Å². The number of amides is 1. The molecule has 0 unspecified atom stereocenters. The van der Waals surface area contributed by atoms with E-state index in [-0.39, 0.29) is 22.2 Å². The zero-order valence-electron chi connectivity index (χ0n) is 13.3. The van der Waals surface area contributed by atoms with Gasteiger partial charge in [-0.15, -0.1) is 0 Å². The van der Waals surface area contributed by atoms with Crippen LogP contribution in [0.3, 0.4) is 0 Å². The van der Waals surface area contributed by atoms with Gasteiger partial charge in [0.25, 0.3) is 17.3 Å². The first-order chi connectivity index (χ1) is 11.9. The first-order valence-corrected chi connectivity index (χ1v) is 8.23. The van der Waals surface area contributed by atoms with Gasteiger partial charge in [-0.3, -0.25) is 25.0 Å². The number of hydrogen-bond donors (Lipinski definition) is 1. The number of nitrogens with one attached hydrogen (secondary N) is 1. The predicted octanol–water partition coefficient (Wildman–Crippen LogP) is 3.79. The number of rotatable bonds is 7. The summed E-state index contributed by atoms with van der Waals surface area (Å²) in [6, 6.07) is 10.2. The van der Waals surface area contributed by atoms with Crippen LogP contribution in [0.25, 0.3) is 0 Å². The molecule has 25 heavy (non-hydrogen) atoms. The van der Waals surface area contributed by atoms with E-state index in [1.54, 1.807) is 24.3 Å². The maximum Gasteiger partial charge on any atom is 0.290 e. The third kappa shape index (κ3) is 4.54. The Morgan fingerprint density at radius 2 is 1.80 bits per heavy atom. The lowest BCUT2D eigenvalue weighted by atomic mass is 10.2. The van der Waals surface area contributed by atoms with Crippen LogP contribution in [0.1, 0.15) is 23.7 Å². The highest BCUT2D eigenvalue weighted by molar-refractivity contribution is 7.99. The van der Waals surface area contributed by atoms with Crippen LogP contribution in [0.4, 0.5) is 11.4 Å². The fourth-order valence-corrected chi connectivity index (χ4v) is 3.07. The molecule has 2 aromatic carbocycles. The van der Waals surface area contributed by atoms with E-state index in [0.29, 0.717) is 17.0 Å². The van der Waals surface area contributed by atoms with E-state index in [1.807, 2.05) is 6.92 Å². The van der Waals surface area contributed by atoms with E-state index in [1.165, 1.54) is 12.1 Å². The SMILES string of the molecule is CCCNC(=O)c1ccccc1Sc1ccc([N+](=O)[O-])cc1[N+](=O)[O-]. The summed E-state index contributed by atoms with van der Waals surface area (Å²) in [5.74, 6) is -0.269. The third-order valence-corrected chi connectivity index (χ3v) is 4.38. The van der Waals surface area contributed by atoms with E-state index in [2.05, 4.69) is 5.32 Å². The predicted molar refractivity (Wildman–Crippen MR) is 92.9 cm³/mol. The van der Waals surface area contributed by atoms with Gasteiger partial charge >= 0.3 is 0 Å². The minimum atomic E-state index is -0.687. The van der Waals surface area contributed by atoms with Gasteiger partial charge in [0, 0.05) is 17.5 Å². The lowest BCUT2D eigenvalue weighted by Gasteiger charge is -2.09. The number of benzene rings is 2. The molecular weight excluding hydrogens is 346 g/mol. The summed E-state index contributed by atoms with van der Waals surface area (Å²) in [6.45, 7) is 2.46. The Morgan fingerprint density at radius 3 is 2.44 bits per heavy atom. The molecule has 130 valence electrons. The van der Waals surface area contributed by atoms with Crippen molar-refractivity contribution in [1.82, 2.24) is 5.32 Å². The molecule has 0 bridgehead atoms. The summed E-state index contributed by atoms with van der Waals surface area (Å²) in [5.41, 5.74) is -0.332. The lowest BCUT2D eigenvalue weighted by Crippen LogP contribution is -2.24. The van der Waals surface area contributed by atoms with Crippen LogP contribution in [0.15, 0.2) is 52.3 Å². The molecule has 0 saturated carbocycles. The number of nitrogens with zero attached hydrogens (tertiary/aromatic N) is 2. The van der Waals surface area contributed by atoms with Crippen LogP contribution in [0, 0.1) is 20.2 Å². The van der Waals surface area contributed by atoms with Crippen LogP contribution < -0.4 is 5.32 Å². The van der Waals surface area contributed by atoms with E-state index >= 15 is 0 Å². The van der Waals surface area contributed by atoms with Gasteiger partial charge in [0.15, 0.2) is 0 Å². The molecule has 0 saturated heterocycles. The van der Waals surface area contributed by atoms with Crippen molar-refractivity contribution in [2.24, 2.45) is 0 Å². The van der Waals surface area contributed by atoms with Crippen molar-refractivity contribution in [3.05, 3.63) is 68.3 Å². The quantitative estimate of drug-likeness (QED) is 0.592. The molecule has 0 spiro atoms. The molecule has 1 amide bonds. The Labute approximate surface area is 147 Å². The highest BCUT2D eigenvalue weighted by Crippen LogP contribution is 2.38. The number of nitro groups is 2. The number of nitro benzene ring substituents is 2. The fourth-order valence-electron chi connectivity index (χ4n) is 2.04. The maximum atomic E-state index is 12.2. The number of non-ortho nitro benzene ring substituents is 1. The highest BCUT2D eigenvalue weighted by Gasteiger charge is 2.21. The summed E-state index contributed by atoms with van der Waals surface area (Å²) in [7, 11) is 0. The lowest BCUT2D eigenvalue weighted by molar-refractivity contribution is -0.396. The molecule has 2 rings (SSSR count). The van der Waals surface area contributed by atoms with Gasteiger partial charge in [-0.25, -0.2) is 0 Å². The Kier molecular flexibility index (Phi) is 6.07. The highest BCUT2D eigenvalue weighted by atomic mass is 32.2. The molecular formula is C16H15N3O5S. The summed E-state index contributed by atoms with van der Waals surface area (Å²) in [5, 5.41) is 24.8. The second-order valence-electron chi connectivity index (χ2n) is 5.02. The average molecular weight is 361 g/mol. The molecule has 8 nitrogen and oxygen atoms in total. The van der Waals surface area contributed by atoms with Crippen LogP contribution in [0.5, 0.6) is 0 Å². The van der Waals surface area contributed by atoms with E-state index in [9.17, 15) is 25.0 Å². The molecule has 0 atom stereocenters. The molecule has 0 fully saturated rings.